The van der Waals surface area contributed by atoms with E-state index in [4.69, 9.17) is 4.74 Å². The van der Waals surface area contributed by atoms with E-state index in [1.807, 2.05) is 25.3 Å². The topological polar surface area (TPSA) is 76.8 Å². The van der Waals surface area contributed by atoms with E-state index in [1.54, 1.807) is 17.4 Å². The standard InChI is InChI=1S/C12H18N4O3/c1-12(2,3)19-11(17)15-5-4-9(6-15)16-7-10(14-18)13-8-16/h7-9H,4-6H2,1-3H3. The lowest BCUT2D eigenvalue weighted by molar-refractivity contribution is 0.0289. The number of imidazole rings is 1. The van der Waals surface area contributed by atoms with Gasteiger partial charge in [0.1, 0.15) is 5.60 Å². The van der Waals surface area contributed by atoms with Gasteiger partial charge in [-0.25, -0.2) is 9.78 Å². The van der Waals surface area contributed by atoms with Crippen LogP contribution in [0.3, 0.4) is 0 Å². The molecule has 0 saturated carbocycles. The Kier molecular flexibility index (Phi) is 3.55. The minimum absolute atomic E-state index is 0.121. The Morgan fingerprint density at radius 3 is 2.84 bits per heavy atom. The molecule has 1 amide bonds. The monoisotopic (exact) mass is 266 g/mol. The van der Waals surface area contributed by atoms with Gasteiger partial charge in [-0.1, -0.05) is 0 Å². The Morgan fingerprint density at radius 1 is 1.53 bits per heavy atom. The third kappa shape index (κ3) is 3.30. The molecule has 1 aliphatic heterocycles. The summed E-state index contributed by atoms with van der Waals surface area (Å²) in [6.45, 7) is 6.73. The fraction of sp³-hybridized carbons (Fsp3) is 0.667. The number of carbonyl (C=O) groups excluding carboxylic acids is 1. The summed E-state index contributed by atoms with van der Waals surface area (Å²) in [5.74, 6) is 0.163. The van der Waals surface area contributed by atoms with Crippen molar-refractivity contribution in [1.29, 1.82) is 0 Å². The van der Waals surface area contributed by atoms with Crippen LogP contribution < -0.4 is 0 Å². The zero-order valence-corrected chi connectivity index (χ0v) is 11.4. The Labute approximate surface area is 111 Å². The quantitative estimate of drug-likeness (QED) is 0.770. The summed E-state index contributed by atoms with van der Waals surface area (Å²) >= 11 is 0. The summed E-state index contributed by atoms with van der Waals surface area (Å²) in [6.07, 6.45) is 3.67. The summed E-state index contributed by atoms with van der Waals surface area (Å²) in [4.78, 5) is 27.8. The third-order valence-corrected chi connectivity index (χ3v) is 2.92. The SMILES string of the molecule is CC(C)(C)OC(=O)N1CCC(n2cnc(N=O)c2)C1. The van der Waals surface area contributed by atoms with Gasteiger partial charge in [0.25, 0.3) is 0 Å². The first-order valence-corrected chi connectivity index (χ1v) is 6.24. The first-order valence-electron chi connectivity index (χ1n) is 6.24. The molecule has 1 atom stereocenters. The number of aromatic nitrogens is 2. The Balaban J connectivity index is 1.96. The second-order valence-corrected chi connectivity index (χ2v) is 5.64. The van der Waals surface area contributed by atoms with Crippen molar-refractivity contribution in [3.8, 4) is 0 Å². The average Bonchev–Trinajstić information content (AvgIpc) is 2.95. The lowest BCUT2D eigenvalue weighted by atomic mass is 10.2. The van der Waals surface area contributed by atoms with Gasteiger partial charge in [0, 0.05) is 13.1 Å². The lowest BCUT2D eigenvalue weighted by Gasteiger charge is -2.24. The van der Waals surface area contributed by atoms with Crippen LogP contribution in [0.25, 0.3) is 0 Å². The molecule has 0 bridgehead atoms. The van der Waals surface area contributed by atoms with Crippen molar-refractivity contribution in [3.63, 3.8) is 0 Å². The Morgan fingerprint density at radius 2 is 2.26 bits per heavy atom. The molecule has 2 rings (SSSR count). The number of rotatable bonds is 2. The molecular formula is C12H18N4O3. The number of hydrogen-bond acceptors (Lipinski definition) is 5. The van der Waals surface area contributed by atoms with Crippen LogP contribution in [0.5, 0.6) is 0 Å². The second-order valence-electron chi connectivity index (χ2n) is 5.64. The van der Waals surface area contributed by atoms with Gasteiger partial charge in [-0.05, 0) is 32.4 Å². The first kappa shape index (κ1) is 13.5. The highest BCUT2D eigenvalue weighted by molar-refractivity contribution is 5.68. The van der Waals surface area contributed by atoms with Crippen molar-refractivity contribution in [2.75, 3.05) is 13.1 Å². The van der Waals surface area contributed by atoms with E-state index in [2.05, 4.69) is 10.2 Å². The molecule has 1 aromatic heterocycles. The molecule has 1 saturated heterocycles. The van der Waals surface area contributed by atoms with Crippen molar-refractivity contribution in [3.05, 3.63) is 17.4 Å². The van der Waals surface area contributed by atoms with E-state index in [0.717, 1.165) is 6.42 Å². The van der Waals surface area contributed by atoms with Crippen molar-refractivity contribution >= 4 is 11.9 Å². The van der Waals surface area contributed by atoms with Gasteiger partial charge in [0.2, 0.25) is 5.82 Å². The summed E-state index contributed by atoms with van der Waals surface area (Å²) in [5.41, 5.74) is -0.487. The smallest absolute Gasteiger partial charge is 0.410 e. The van der Waals surface area contributed by atoms with Crippen LogP contribution >= 0.6 is 0 Å². The number of nitroso groups, excluding NO2 is 1. The molecule has 0 spiro atoms. The predicted molar refractivity (Wildman–Crippen MR) is 69.1 cm³/mol. The molecule has 0 aromatic carbocycles. The minimum Gasteiger partial charge on any atom is -0.444 e. The molecule has 1 aromatic rings. The van der Waals surface area contributed by atoms with Gasteiger partial charge in [0.05, 0.1) is 18.6 Å². The average molecular weight is 266 g/mol. The molecule has 0 N–H and O–H groups in total. The first-order chi connectivity index (χ1) is 8.89. The summed E-state index contributed by atoms with van der Waals surface area (Å²) in [6, 6.07) is 0.121. The van der Waals surface area contributed by atoms with Crippen LogP contribution in [0.4, 0.5) is 10.6 Å². The highest BCUT2D eigenvalue weighted by Crippen LogP contribution is 2.24. The molecule has 0 aliphatic carbocycles. The molecule has 104 valence electrons. The highest BCUT2D eigenvalue weighted by atomic mass is 16.6. The zero-order chi connectivity index (χ0) is 14.0. The van der Waals surface area contributed by atoms with Crippen LogP contribution in [0.2, 0.25) is 0 Å². The van der Waals surface area contributed by atoms with Gasteiger partial charge >= 0.3 is 6.09 Å². The van der Waals surface area contributed by atoms with E-state index in [9.17, 15) is 9.70 Å². The van der Waals surface area contributed by atoms with Crippen LogP contribution in [-0.2, 0) is 4.74 Å². The van der Waals surface area contributed by atoms with Crippen LogP contribution in [0, 0.1) is 4.91 Å². The molecule has 19 heavy (non-hydrogen) atoms. The molecule has 0 radical (unpaired) electrons. The fourth-order valence-electron chi connectivity index (χ4n) is 2.05. The van der Waals surface area contributed by atoms with Gasteiger partial charge in [-0.2, -0.15) is 0 Å². The molecule has 2 heterocycles. The van der Waals surface area contributed by atoms with Gasteiger partial charge in [-0.3, -0.25) is 0 Å². The Bertz CT molecular complexity index is 478. The van der Waals surface area contributed by atoms with E-state index < -0.39 is 5.60 Å². The largest absolute Gasteiger partial charge is 0.444 e. The van der Waals surface area contributed by atoms with Crippen molar-refractivity contribution in [2.45, 2.75) is 38.8 Å². The molecule has 1 aliphatic rings. The maximum Gasteiger partial charge on any atom is 0.410 e. The van der Waals surface area contributed by atoms with Gasteiger partial charge in [-0.15, -0.1) is 4.91 Å². The van der Waals surface area contributed by atoms with Gasteiger partial charge in [0.15, 0.2) is 0 Å². The number of likely N-dealkylation sites (tertiary alicyclic amines) is 1. The number of carbonyl (C=O) groups is 1. The molecular weight excluding hydrogens is 248 g/mol. The van der Waals surface area contributed by atoms with Crippen molar-refractivity contribution in [1.82, 2.24) is 14.5 Å². The molecule has 1 fully saturated rings. The van der Waals surface area contributed by atoms with E-state index in [1.165, 1.54) is 0 Å². The second kappa shape index (κ2) is 4.99. The normalized spacial score (nSPS) is 19.5. The number of nitrogens with zero attached hydrogens (tertiary/aromatic N) is 4. The number of hydrogen-bond donors (Lipinski definition) is 0. The summed E-state index contributed by atoms with van der Waals surface area (Å²) in [5, 5.41) is 2.78. The van der Waals surface area contributed by atoms with E-state index in [-0.39, 0.29) is 18.0 Å². The van der Waals surface area contributed by atoms with Crippen LogP contribution in [-0.4, -0.2) is 39.2 Å². The fourth-order valence-corrected chi connectivity index (χ4v) is 2.05. The molecule has 7 nitrogen and oxygen atoms in total. The maximum absolute atomic E-state index is 11.9. The third-order valence-electron chi connectivity index (χ3n) is 2.92. The number of ether oxygens (including phenoxy) is 1. The minimum atomic E-state index is -0.487. The maximum atomic E-state index is 11.9. The molecule has 1 unspecified atom stereocenters. The predicted octanol–water partition coefficient (Wildman–Crippen LogP) is 2.46. The van der Waals surface area contributed by atoms with Gasteiger partial charge < -0.3 is 14.2 Å². The lowest BCUT2D eigenvalue weighted by Crippen LogP contribution is -2.35. The Hall–Kier alpha value is -1.92. The molecule has 7 heteroatoms. The number of amides is 1. The van der Waals surface area contributed by atoms with Crippen molar-refractivity contribution < 1.29 is 9.53 Å². The summed E-state index contributed by atoms with van der Waals surface area (Å²) in [7, 11) is 0. The highest BCUT2D eigenvalue weighted by Gasteiger charge is 2.30. The van der Waals surface area contributed by atoms with Crippen molar-refractivity contribution in [2.24, 2.45) is 5.18 Å². The summed E-state index contributed by atoms with van der Waals surface area (Å²) < 4.78 is 7.15. The van der Waals surface area contributed by atoms with Crippen LogP contribution in [0.1, 0.15) is 33.2 Å². The van der Waals surface area contributed by atoms with E-state index in [0.29, 0.717) is 13.1 Å². The zero-order valence-electron chi connectivity index (χ0n) is 11.4. The van der Waals surface area contributed by atoms with Crippen LogP contribution in [0.15, 0.2) is 17.7 Å². The van der Waals surface area contributed by atoms with E-state index >= 15 is 0 Å².